The molecule has 1 aromatic rings. The maximum atomic E-state index is 11.8. The van der Waals surface area contributed by atoms with E-state index < -0.39 is 54.6 Å². The van der Waals surface area contributed by atoms with Gasteiger partial charge in [-0.25, -0.2) is 23.7 Å². The molecular weight excluding hydrogens is 491 g/mol. The van der Waals surface area contributed by atoms with Gasteiger partial charge in [-0.1, -0.05) is 0 Å². The smallest absolute Gasteiger partial charge is 0.387 e. The van der Waals surface area contributed by atoms with Gasteiger partial charge in [-0.2, -0.15) is 8.62 Å². The van der Waals surface area contributed by atoms with E-state index in [0.717, 1.165) is 0 Å². The fourth-order valence-corrected chi connectivity index (χ4v) is 5.85. The number of aromatic nitrogens is 2. The summed E-state index contributed by atoms with van der Waals surface area (Å²) in [6.07, 6.45) is -4.64. The fraction of sp³-hybridized carbons (Fsp3) is 0.600. The van der Waals surface area contributed by atoms with Crippen LogP contribution in [0.25, 0.3) is 0 Å². The van der Waals surface area contributed by atoms with Gasteiger partial charge >= 0.3 is 23.5 Å². The molecule has 2 unspecified atom stereocenters. The van der Waals surface area contributed by atoms with Gasteiger partial charge in [0.2, 0.25) is 0 Å². The maximum Gasteiger partial charge on any atom is 0.490 e. The van der Waals surface area contributed by atoms with E-state index in [1.165, 1.54) is 11.2 Å². The first-order valence-electron chi connectivity index (χ1n) is 8.10. The molecule has 21 heteroatoms. The molecule has 0 amide bonds. The quantitative estimate of drug-likeness (QED) is 0.177. The van der Waals surface area contributed by atoms with Crippen molar-refractivity contribution in [2.75, 3.05) is 29.2 Å². The van der Waals surface area contributed by atoms with E-state index >= 15 is 0 Å². The number of rotatable bonds is 8. The number of phosphoric ester groups is 1. The molecule has 1 aromatic heterocycles. The normalized spacial score (nSPS) is 29.8. The molecule has 1 fully saturated rings. The molecule has 2 aliphatic heterocycles. The zero-order valence-electron chi connectivity index (χ0n) is 15.1. The number of nitrogens with zero attached hydrogens (tertiary/aromatic N) is 3. The zero-order chi connectivity index (χ0) is 23.2. The largest absolute Gasteiger partial charge is 0.490 e. The number of nitrogens with two attached hydrogens (primary N) is 1. The lowest BCUT2D eigenvalue weighted by atomic mass is 10.1. The molecule has 3 rings (SSSR count). The Hall–Kier alpha value is -1.23. The number of hydrogen-bond acceptors (Lipinski definition) is 14. The number of nitrogens with one attached hydrogen (secondary N) is 1. The van der Waals surface area contributed by atoms with E-state index in [9.17, 15) is 28.8 Å². The number of anilines is 3. The molecule has 18 nitrogen and oxygen atoms in total. The Morgan fingerprint density at radius 1 is 1.13 bits per heavy atom. The van der Waals surface area contributed by atoms with Crippen LogP contribution in [0.5, 0.6) is 0 Å². The van der Waals surface area contributed by atoms with Gasteiger partial charge in [-0.05, 0) is 0 Å². The van der Waals surface area contributed by atoms with Crippen molar-refractivity contribution in [2.45, 2.75) is 24.5 Å². The number of hydrogen-bond donors (Lipinski definition) is 8. The van der Waals surface area contributed by atoms with Gasteiger partial charge in [0, 0.05) is 0 Å². The number of phosphoric acid groups is 3. The van der Waals surface area contributed by atoms with E-state index in [-0.39, 0.29) is 18.3 Å². The number of nitrogen functional groups attached to an aromatic ring is 1. The van der Waals surface area contributed by atoms with E-state index in [4.69, 9.17) is 25.2 Å². The average Bonchev–Trinajstić information content (AvgIpc) is 3.13. The third kappa shape index (κ3) is 5.77. The van der Waals surface area contributed by atoms with Gasteiger partial charge in [0.15, 0.2) is 17.9 Å². The van der Waals surface area contributed by atoms with Crippen LogP contribution in [0, 0.1) is 0 Å². The van der Waals surface area contributed by atoms with Gasteiger partial charge in [-0.15, -0.1) is 0 Å². The Balaban J connectivity index is 1.64. The molecule has 0 spiro atoms. The van der Waals surface area contributed by atoms with E-state index in [2.05, 4.69) is 28.4 Å². The van der Waals surface area contributed by atoms with Crippen molar-refractivity contribution in [1.82, 2.24) is 9.97 Å². The lowest BCUT2D eigenvalue weighted by Gasteiger charge is -2.26. The standard InChI is InChI=1S/C10H18N5O13P3/c11-8-5-9(13-2-12-8)15(3-14-5)10-7(17)6(16)4(26-10)1-25-30(21,22)28-31(23,24)27-29(18,19)20/h2,4,6-7,10,14,16-17H,1,3H2,(H,21,22)(H,23,24)(H2,11,12,13)(H2,18,19,20)/t4-,6-,7-,10-/m1/s1. The van der Waals surface area contributed by atoms with Gasteiger partial charge in [-0.3, -0.25) is 4.52 Å². The summed E-state index contributed by atoms with van der Waals surface area (Å²) in [6, 6.07) is 0. The van der Waals surface area contributed by atoms with Crippen LogP contribution >= 0.6 is 23.5 Å². The maximum absolute atomic E-state index is 11.8. The molecule has 0 aliphatic carbocycles. The summed E-state index contributed by atoms with van der Waals surface area (Å²) >= 11 is 0. The molecule has 1 saturated heterocycles. The van der Waals surface area contributed by atoms with Gasteiger partial charge in [0.25, 0.3) is 0 Å². The SMILES string of the molecule is Nc1ncnc2c1NCN2[C@@H]1O[C@H](COP(=O)(O)OP(=O)(O)OP(=O)(O)O)[C@@H](O)[C@H]1O. The van der Waals surface area contributed by atoms with Crippen LogP contribution < -0.4 is 16.0 Å². The molecule has 0 aromatic carbocycles. The Labute approximate surface area is 173 Å². The van der Waals surface area contributed by atoms with Crippen LogP contribution in [0.1, 0.15) is 0 Å². The van der Waals surface area contributed by atoms with Crippen LogP contribution in [0.15, 0.2) is 6.33 Å². The molecule has 31 heavy (non-hydrogen) atoms. The first kappa shape index (κ1) is 24.4. The minimum atomic E-state index is -5.69. The summed E-state index contributed by atoms with van der Waals surface area (Å²) in [7, 11) is -16.6. The third-order valence-electron chi connectivity index (χ3n) is 4.02. The summed E-state index contributed by atoms with van der Waals surface area (Å²) in [4.78, 5) is 44.8. The van der Waals surface area contributed by atoms with Crippen molar-refractivity contribution < 1.29 is 61.4 Å². The van der Waals surface area contributed by atoms with Crippen molar-refractivity contribution in [2.24, 2.45) is 0 Å². The molecule has 0 radical (unpaired) electrons. The van der Waals surface area contributed by atoms with Crippen LogP contribution in [0.4, 0.5) is 17.3 Å². The predicted octanol–water partition coefficient (Wildman–Crippen LogP) is -1.96. The lowest BCUT2D eigenvalue weighted by molar-refractivity contribution is -0.0215. The first-order valence-corrected chi connectivity index (χ1v) is 12.6. The molecular formula is C10H18N5O13P3. The second-order valence-electron chi connectivity index (χ2n) is 6.20. The Kier molecular flexibility index (Phi) is 6.78. The second kappa shape index (κ2) is 8.61. The zero-order valence-corrected chi connectivity index (χ0v) is 17.8. The minimum absolute atomic E-state index is 0.0647. The van der Waals surface area contributed by atoms with Crippen LogP contribution in [-0.2, 0) is 31.6 Å². The monoisotopic (exact) mass is 509 g/mol. The fourth-order valence-electron chi connectivity index (χ4n) is 2.82. The van der Waals surface area contributed by atoms with Gasteiger partial charge in [0.1, 0.15) is 30.3 Å². The highest BCUT2D eigenvalue weighted by Crippen LogP contribution is 2.66. The van der Waals surface area contributed by atoms with Gasteiger partial charge < -0.3 is 50.5 Å². The van der Waals surface area contributed by atoms with Crippen molar-refractivity contribution in [3.63, 3.8) is 0 Å². The summed E-state index contributed by atoms with van der Waals surface area (Å²) in [5.41, 5.74) is 6.08. The van der Waals surface area contributed by atoms with Gasteiger partial charge in [0.05, 0.1) is 13.3 Å². The molecule has 0 bridgehead atoms. The number of ether oxygens (including phenoxy) is 1. The summed E-state index contributed by atoms with van der Waals surface area (Å²) in [5, 5.41) is 23.3. The van der Waals surface area contributed by atoms with E-state index in [0.29, 0.717) is 5.69 Å². The van der Waals surface area contributed by atoms with Crippen molar-refractivity contribution in [3.05, 3.63) is 6.33 Å². The lowest BCUT2D eigenvalue weighted by Crippen LogP contribution is -2.44. The third-order valence-corrected chi connectivity index (χ3v) is 7.82. The molecule has 2 aliphatic rings. The highest BCUT2D eigenvalue weighted by molar-refractivity contribution is 7.66. The van der Waals surface area contributed by atoms with E-state index in [1.54, 1.807) is 0 Å². The highest BCUT2D eigenvalue weighted by atomic mass is 31.3. The first-order chi connectivity index (χ1) is 14.2. The Morgan fingerprint density at radius 2 is 1.81 bits per heavy atom. The van der Waals surface area contributed by atoms with E-state index in [1.807, 2.05) is 0 Å². The predicted molar refractivity (Wildman–Crippen MR) is 97.9 cm³/mol. The van der Waals surface area contributed by atoms with Crippen molar-refractivity contribution >= 4 is 40.8 Å². The molecule has 0 saturated carbocycles. The van der Waals surface area contributed by atoms with Crippen LogP contribution in [0.2, 0.25) is 0 Å². The summed E-state index contributed by atoms with van der Waals surface area (Å²) in [6.45, 7) is -0.867. The highest BCUT2D eigenvalue weighted by Gasteiger charge is 2.49. The topological polar surface area (TPSA) is 277 Å². The van der Waals surface area contributed by atoms with Crippen LogP contribution in [0.3, 0.4) is 0 Å². The second-order valence-corrected chi connectivity index (χ2v) is 10.6. The minimum Gasteiger partial charge on any atom is -0.387 e. The number of aliphatic hydroxyl groups excluding tert-OH is 2. The Bertz CT molecular complexity index is 975. The Morgan fingerprint density at radius 3 is 2.45 bits per heavy atom. The average molecular weight is 509 g/mol. The summed E-state index contributed by atoms with van der Waals surface area (Å²) in [5.74, 6) is 0.391. The number of aliphatic hydroxyl groups is 2. The van der Waals surface area contributed by atoms with Crippen LogP contribution in [-0.4, -0.2) is 77.6 Å². The molecule has 3 heterocycles. The van der Waals surface area contributed by atoms with Crippen molar-refractivity contribution in [1.29, 1.82) is 0 Å². The van der Waals surface area contributed by atoms with Crippen molar-refractivity contribution in [3.8, 4) is 0 Å². The molecule has 176 valence electrons. The molecule has 6 atom stereocenters. The summed E-state index contributed by atoms with van der Waals surface area (Å²) < 4.78 is 50.8. The molecule has 9 N–H and O–H groups in total. The number of fused-ring (bicyclic) bond motifs is 1.